The number of hydrogen-bond donors (Lipinski definition) is 2. The van der Waals surface area contributed by atoms with Gasteiger partial charge in [-0.05, 0) is 0 Å². The van der Waals surface area contributed by atoms with Crippen LogP contribution in [-0.2, 0) is 44.1 Å². The quantitative estimate of drug-likeness (QED) is 0.320. The number of rotatable bonds is 0. The molecule has 0 atom stereocenters. The molecular formula is H2AgO2Ti. The molecule has 2 nitrogen and oxygen atoms in total. The van der Waals surface area contributed by atoms with Gasteiger partial charge in [-0.2, -0.15) is 0 Å². The Morgan fingerprint density at radius 3 is 1.00 bits per heavy atom. The van der Waals surface area contributed by atoms with Gasteiger partial charge in [0.25, 0.3) is 0 Å². The summed E-state index contributed by atoms with van der Waals surface area (Å²) in [5, 5.41) is 12.0. The van der Waals surface area contributed by atoms with Gasteiger partial charge < -0.3 is 0 Å². The molecule has 29 valence electrons. The van der Waals surface area contributed by atoms with Crippen molar-refractivity contribution >= 4 is 0 Å². The van der Waals surface area contributed by atoms with Crippen LogP contribution in [-0.4, -0.2) is 10.5 Å². The molecule has 0 saturated carbocycles. The molecule has 0 spiro atoms. The van der Waals surface area contributed by atoms with E-state index in [-0.39, 0.29) is 44.1 Å². The van der Waals surface area contributed by atoms with Crippen molar-refractivity contribution < 1.29 is 54.6 Å². The van der Waals surface area contributed by atoms with Crippen LogP contribution in [0, 0.1) is 0 Å². The molecule has 0 aromatic heterocycles. The molecule has 0 aliphatic carbocycles. The fourth-order valence-corrected chi connectivity index (χ4v) is 0. The second-order valence-electron chi connectivity index (χ2n) is 0. The maximum absolute atomic E-state index is 6.00. The topological polar surface area (TPSA) is 40.5 Å². The van der Waals surface area contributed by atoms with E-state index in [0.29, 0.717) is 0 Å². The van der Waals surface area contributed by atoms with Gasteiger partial charge in [0.15, 0.2) is 0 Å². The number of hydrogen-bond acceptors (Lipinski definition) is 2. The first-order valence-corrected chi connectivity index (χ1v) is 0.200. The maximum atomic E-state index is 6.00. The molecular weight excluding hydrogens is 188 g/mol. The molecule has 2 N–H and O–H groups in total. The van der Waals surface area contributed by atoms with Crippen LogP contribution < -0.4 is 0 Å². The molecule has 0 aromatic rings. The third-order valence-electron chi connectivity index (χ3n) is 0. The predicted molar refractivity (Wildman–Crippen MR) is 5.26 cm³/mol. The van der Waals surface area contributed by atoms with E-state index in [1.807, 2.05) is 0 Å². The molecule has 0 aliphatic rings. The molecule has 0 fully saturated rings. The summed E-state index contributed by atoms with van der Waals surface area (Å²) >= 11 is 0. The first kappa shape index (κ1) is 18.2. The Morgan fingerprint density at radius 1 is 1.00 bits per heavy atom. The van der Waals surface area contributed by atoms with E-state index < -0.39 is 0 Å². The first-order valence-electron chi connectivity index (χ1n) is 0.200. The summed E-state index contributed by atoms with van der Waals surface area (Å²) in [5.41, 5.74) is 0. The van der Waals surface area contributed by atoms with Crippen molar-refractivity contribution in [3.8, 4) is 0 Å². The van der Waals surface area contributed by atoms with Crippen molar-refractivity contribution in [3.63, 3.8) is 0 Å². The standard InChI is InChI=1S/Ag.H2O2.Ti/c;1-2;/h;1-2H;. The van der Waals surface area contributed by atoms with Gasteiger partial charge >= 0.3 is 0 Å². The van der Waals surface area contributed by atoms with E-state index in [9.17, 15) is 0 Å². The minimum atomic E-state index is 0. The van der Waals surface area contributed by atoms with Crippen LogP contribution in [0.1, 0.15) is 0 Å². The molecule has 0 rings (SSSR count). The van der Waals surface area contributed by atoms with Gasteiger partial charge in [-0.15, -0.1) is 0 Å². The molecule has 0 unspecified atom stereocenters. The van der Waals surface area contributed by atoms with Crippen LogP contribution >= 0.6 is 0 Å². The molecule has 4 heavy (non-hydrogen) atoms. The summed E-state index contributed by atoms with van der Waals surface area (Å²) in [4.78, 5) is 0. The largest absolute Gasteiger partial charge is 0.255 e. The van der Waals surface area contributed by atoms with E-state index in [2.05, 4.69) is 0 Å². The summed E-state index contributed by atoms with van der Waals surface area (Å²) in [6, 6.07) is 0. The van der Waals surface area contributed by atoms with Crippen LogP contribution in [0.5, 0.6) is 0 Å². The van der Waals surface area contributed by atoms with Crippen molar-refractivity contribution in [2.24, 2.45) is 0 Å². The molecule has 0 bridgehead atoms. The average Bonchev–Trinajstić information content (AvgIpc) is 1.00. The second kappa shape index (κ2) is 26.4. The minimum absolute atomic E-state index is 0. The van der Waals surface area contributed by atoms with E-state index in [4.69, 9.17) is 10.5 Å². The molecule has 0 saturated heterocycles. The van der Waals surface area contributed by atoms with Gasteiger partial charge in [-0.3, -0.25) is 10.5 Å². The molecule has 0 amide bonds. The fraction of sp³-hybridized carbons (Fsp3) is 0. The van der Waals surface area contributed by atoms with Gasteiger partial charge in [0.05, 0.1) is 0 Å². The van der Waals surface area contributed by atoms with E-state index in [0.717, 1.165) is 0 Å². The molecule has 0 aromatic carbocycles. The minimum Gasteiger partial charge on any atom is -0.255 e. The van der Waals surface area contributed by atoms with E-state index in [1.54, 1.807) is 0 Å². The zero-order valence-corrected chi connectivity index (χ0v) is 4.74. The third kappa shape index (κ3) is 10.1. The Balaban J connectivity index is -0.00000000500. The van der Waals surface area contributed by atoms with Crippen molar-refractivity contribution in [1.82, 2.24) is 0 Å². The van der Waals surface area contributed by atoms with Crippen LogP contribution in [0.2, 0.25) is 0 Å². The van der Waals surface area contributed by atoms with Crippen molar-refractivity contribution in [3.05, 3.63) is 0 Å². The SMILES string of the molecule is OO.[Ag].[Ti]. The molecule has 4 heteroatoms. The Kier molecular flexibility index (Phi) is 120. The predicted octanol–water partition coefficient (Wildman–Crippen LogP) is 0.0124. The normalized spacial score (nSPS) is 1.50. The molecule has 1 radical (unpaired) electrons. The zero-order valence-electron chi connectivity index (χ0n) is 1.70. The molecule has 0 heterocycles. The summed E-state index contributed by atoms with van der Waals surface area (Å²) in [6.45, 7) is 0. The summed E-state index contributed by atoms with van der Waals surface area (Å²) in [6.07, 6.45) is 0. The van der Waals surface area contributed by atoms with Crippen molar-refractivity contribution in [1.29, 1.82) is 0 Å². The third-order valence-corrected chi connectivity index (χ3v) is 0. The Morgan fingerprint density at radius 2 is 1.00 bits per heavy atom. The van der Waals surface area contributed by atoms with Gasteiger partial charge in [-0.25, -0.2) is 0 Å². The van der Waals surface area contributed by atoms with E-state index in [1.165, 1.54) is 0 Å². The van der Waals surface area contributed by atoms with Gasteiger partial charge in [0, 0.05) is 44.1 Å². The monoisotopic (exact) mass is 189 g/mol. The van der Waals surface area contributed by atoms with Gasteiger partial charge in [0.1, 0.15) is 0 Å². The van der Waals surface area contributed by atoms with Crippen molar-refractivity contribution in [2.45, 2.75) is 0 Å². The fourth-order valence-electron chi connectivity index (χ4n) is 0. The van der Waals surface area contributed by atoms with Crippen LogP contribution in [0.25, 0.3) is 0 Å². The van der Waals surface area contributed by atoms with Gasteiger partial charge in [0.2, 0.25) is 0 Å². The summed E-state index contributed by atoms with van der Waals surface area (Å²) < 4.78 is 0. The second-order valence-corrected chi connectivity index (χ2v) is 0. The van der Waals surface area contributed by atoms with Crippen LogP contribution in [0.4, 0.5) is 0 Å². The average molecular weight is 190 g/mol. The zero-order chi connectivity index (χ0) is 2.00. The van der Waals surface area contributed by atoms with Crippen LogP contribution in [0.3, 0.4) is 0 Å². The molecule has 0 aliphatic heterocycles. The maximum Gasteiger partial charge on any atom is 0 e. The smallest absolute Gasteiger partial charge is 0 e. The Hall–Kier alpha value is 1.37. The summed E-state index contributed by atoms with van der Waals surface area (Å²) in [5.74, 6) is 0. The van der Waals surface area contributed by atoms with E-state index >= 15 is 0 Å². The Labute approximate surface area is 54.5 Å². The van der Waals surface area contributed by atoms with Crippen molar-refractivity contribution in [2.75, 3.05) is 0 Å². The first-order chi connectivity index (χ1) is 1.00. The van der Waals surface area contributed by atoms with Gasteiger partial charge in [-0.1, -0.05) is 0 Å². The summed E-state index contributed by atoms with van der Waals surface area (Å²) in [7, 11) is 0. The van der Waals surface area contributed by atoms with Crippen LogP contribution in [0.15, 0.2) is 0 Å². The Bertz CT molecular complexity index is 6.00.